The van der Waals surface area contributed by atoms with Gasteiger partial charge in [0.2, 0.25) is 0 Å². The van der Waals surface area contributed by atoms with Crippen molar-refractivity contribution in [2.75, 3.05) is 5.73 Å². The largest absolute Gasteiger partial charge is 0.454 e. The summed E-state index contributed by atoms with van der Waals surface area (Å²) in [6.07, 6.45) is 0. The van der Waals surface area contributed by atoms with E-state index in [9.17, 15) is 0 Å². The van der Waals surface area contributed by atoms with Gasteiger partial charge < -0.3 is 10.5 Å². The van der Waals surface area contributed by atoms with Gasteiger partial charge in [0.05, 0.1) is 5.69 Å². The van der Waals surface area contributed by atoms with Gasteiger partial charge in [0.25, 0.3) is 0 Å². The number of nitrogens with two attached hydrogens (primary N) is 1. The SMILES string of the molecule is Cc1ccc(C)c(Oc2c(C)cccc2N)c1C. The number of ether oxygens (including phenoxy) is 1. The molecule has 0 unspecified atom stereocenters. The number of hydrogen-bond donors (Lipinski definition) is 1. The molecule has 0 spiro atoms. The van der Waals surface area contributed by atoms with Crippen molar-refractivity contribution in [3.8, 4) is 11.5 Å². The Morgan fingerprint density at radius 1 is 0.778 bits per heavy atom. The second-order valence-electron chi connectivity index (χ2n) is 4.75. The maximum Gasteiger partial charge on any atom is 0.153 e. The molecule has 0 aliphatic carbocycles. The maximum atomic E-state index is 6.06. The van der Waals surface area contributed by atoms with E-state index < -0.39 is 0 Å². The van der Waals surface area contributed by atoms with Crippen LogP contribution >= 0.6 is 0 Å². The van der Waals surface area contributed by atoms with Crippen molar-refractivity contribution in [1.82, 2.24) is 0 Å². The topological polar surface area (TPSA) is 35.2 Å². The molecule has 2 nitrogen and oxygen atoms in total. The Labute approximate surface area is 108 Å². The summed E-state index contributed by atoms with van der Waals surface area (Å²) in [6, 6.07) is 9.99. The molecule has 0 radical (unpaired) electrons. The molecule has 0 heterocycles. The highest BCUT2D eigenvalue weighted by molar-refractivity contribution is 5.59. The molecule has 0 fully saturated rings. The quantitative estimate of drug-likeness (QED) is 0.796. The number of benzene rings is 2. The third-order valence-electron chi connectivity index (χ3n) is 3.32. The van der Waals surface area contributed by atoms with E-state index >= 15 is 0 Å². The van der Waals surface area contributed by atoms with Crippen LogP contribution in [-0.4, -0.2) is 0 Å². The number of para-hydroxylation sites is 1. The number of hydrogen-bond acceptors (Lipinski definition) is 2. The maximum absolute atomic E-state index is 6.06. The summed E-state index contributed by atoms with van der Waals surface area (Å²) in [5.41, 5.74) is 11.2. The van der Waals surface area contributed by atoms with E-state index in [-0.39, 0.29) is 0 Å². The first-order chi connectivity index (χ1) is 8.50. The van der Waals surface area contributed by atoms with Crippen LogP contribution in [0.4, 0.5) is 5.69 Å². The van der Waals surface area contributed by atoms with Crippen molar-refractivity contribution in [3.05, 3.63) is 52.6 Å². The van der Waals surface area contributed by atoms with Crippen LogP contribution < -0.4 is 10.5 Å². The van der Waals surface area contributed by atoms with Gasteiger partial charge in [-0.25, -0.2) is 0 Å². The molecule has 0 bridgehead atoms. The summed E-state index contributed by atoms with van der Waals surface area (Å²) in [7, 11) is 0. The fourth-order valence-electron chi connectivity index (χ4n) is 2.00. The third-order valence-corrected chi connectivity index (χ3v) is 3.32. The summed E-state index contributed by atoms with van der Waals surface area (Å²) < 4.78 is 6.06. The lowest BCUT2D eigenvalue weighted by Crippen LogP contribution is -1.98. The fraction of sp³-hybridized carbons (Fsp3) is 0.250. The lowest BCUT2D eigenvalue weighted by molar-refractivity contribution is 0.473. The lowest BCUT2D eigenvalue weighted by atomic mass is 10.1. The molecule has 18 heavy (non-hydrogen) atoms. The minimum Gasteiger partial charge on any atom is -0.454 e. The van der Waals surface area contributed by atoms with Gasteiger partial charge in [-0.05, 0) is 56.0 Å². The van der Waals surface area contributed by atoms with Gasteiger partial charge in [-0.3, -0.25) is 0 Å². The Kier molecular flexibility index (Phi) is 3.28. The van der Waals surface area contributed by atoms with Gasteiger partial charge in [0.15, 0.2) is 5.75 Å². The van der Waals surface area contributed by atoms with Gasteiger partial charge in [0.1, 0.15) is 5.75 Å². The van der Waals surface area contributed by atoms with Crippen LogP contribution in [0.1, 0.15) is 22.3 Å². The molecule has 2 heteroatoms. The van der Waals surface area contributed by atoms with E-state index in [1.165, 1.54) is 5.56 Å². The molecule has 0 aliphatic heterocycles. The number of rotatable bonds is 2. The normalized spacial score (nSPS) is 10.4. The van der Waals surface area contributed by atoms with Crippen LogP contribution in [0.15, 0.2) is 30.3 Å². The van der Waals surface area contributed by atoms with Crippen molar-refractivity contribution in [2.24, 2.45) is 0 Å². The molecule has 2 rings (SSSR count). The molecule has 0 aliphatic rings. The third kappa shape index (κ3) is 2.19. The fourth-order valence-corrected chi connectivity index (χ4v) is 2.00. The zero-order valence-corrected chi connectivity index (χ0v) is 11.4. The van der Waals surface area contributed by atoms with Crippen molar-refractivity contribution in [1.29, 1.82) is 0 Å². The van der Waals surface area contributed by atoms with E-state index in [4.69, 9.17) is 10.5 Å². The molecule has 0 amide bonds. The summed E-state index contributed by atoms with van der Waals surface area (Å²) in [5, 5.41) is 0. The first-order valence-corrected chi connectivity index (χ1v) is 6.10. The zero-order chi connectivity index (χ0) is 13.3. The van der Waals surface area contributed by atoms with Crippen LogP contribution in [-0.2, 0) is 0 Å². The van der Waals surface area contributed by atoms with Crippen LogP contribution in [0.5, 0.6) is 11.5 Å². The van der Waals surface area contributed by atoms with Gasteiger partial charge in [-0.1, -0.05) is 24.3 Å². The van der Waals surface area contributed by atoms with E-state index in [0.29, 0.717) is 5.69 Å². The predicted octanol–water partition coefficient (Wildman–Crippen LogP) is 4.29. The highest BCUT2D eigenvalue weighted by Gasteiger charge is 2.11. The molecule has 0 saturated heterocycles. The highest BCUT2D eigenvalue weighted by atomic mass is 16.5. The predicted molar refractivity (Wildman–Crippen MR) is 76.3 cm³/mol. The van der Waals surface area contributed by atoms with Crippen molar-refractivity contribution >= 4 is 5.69 Å². The summed E-state index contributed by atoms with van der Waals surface area (Å²) >= 11 is 0. The average molecular weight is 241 g/mol. The van der Waals surface area contributed by atoms with Gasteiger partial charge in [-0.15, -0.1) is 0 Å². The molecule has 0 aromatic heterocycles. The smallest absolute Gasteiger partial charge is 0.153 e. The lowest BCUT2D eigenvalue weighted by Gasteiger charge is -2.16. The second-order valence-corrected chi connectivity index (χ2v) is 4.75. The molecular formula is C16H19NO. The Bertz CT molecular complexity index is 568. The van der Waals surface area contributed by atoms with Crippen LogP contribution in [0, 0.1) is 27.7 Å². The number of anilines is 1. The highest BCUT2D eigenvalue weighted by Crippen LogP contribution is 2.35. The monoisotopic (exact) mass is 241 g/mol. The molecule has 2 aromatic rings. The summed E-state index contributed by atoms with van der Waals surface area (Å²) in [5.74, 6) is 1.67. The molecule has 0 atom stereocenters. The minimum atomic E-state index is 0.676. The average Bonchev–Trinajstić information content (AvgIpc) is 2.33. The van der Waals surface area contributed by atoms with E-state index in [0.717, 1.165) is 28.2 Å². The Hall–Kier alpha value is -1.96. The Morgan fingerprint density at radius 2 is 1.39 bits per heavy atom. The first kappa shape index (κ1) is 12.5. The van der Waals surface area contributed by atoms with Gasteiger partial charge in [0, 0.05) is 0 Å². The molecule has 2 N–H and O–H groups in total. The zero-order valence-electron chi connectivity index (χ0n) is 11.4. The second kappa shape index (κ2) is 4.73. The van der Waals surface area contributed by atoms with Gasteiger partial charge >= 0.3 is 0 Å². The number of aryl methyl sites for hydroxylation is 3. The van der Waals surface area contributed by atoms with E-state index in [2.05, 4.69) is 32.9 Å². The standard InChI is InChI=1S/C16H19NO/c1-10-8-9-12(3)15(13(10)4)18-16-11(2)6-5-7-14(16)17/h5-9H,17H2,1-4H3. The molecule has 2 aromatic carbocycles. The van der Waals surface area contributed by atoms with Crippen LogP contribution in [0.3, 0.4) is 0 Å². The molecule has 94 valence electrons. The minimum absolute atomic E-state index is 0.676. The Morgan fingerprint density at radius 3 is 2.06 bits per heavy atom. The van der Waals surface area contributed by atoms with Crippen molar-refractivity contribution < 1.29 is 4.74 Å². The van der Waals surface area contributed by atoms with E-state index in [1.807, 2.05) is 25.1 Å². The molecular weight excluding hydrogens is 222 g/mol. The summed E-state index contributed by atoms with van der Waals surface area (Å²) in [4.78, 5) is 0. The van der Waals surface area contributed by atoms with Crippen LogP contribution in [0.2, 0.25) is 0 Å². The van der Waals surface area contributed by atoms with Crippen LogP contribution in [0.25, 0.3) is 0 Å². The first-order valence-electron chi connectivity index (χ1n) is 6.10. The van der Waals surface area contributed by atoms with Gasteiger partial charge in [-0.2, -0.15) is 0 Å². The van der Waals surface area contributed by atoms with Crippen molar-refractivity contribution in [3.63, 3.8) is 0 Å². The van der Waals surface area contributed by atoms with E-state index in [1.54, 1.807) is 0 Å². The summed E-state index contributed by atoms with van der Waals surface area (Å²) in [6.45, 7) is 8.22. The number of nitrogen functional groups attached to an aromatic ring is 1. The van der Waals surface area contributed by atoms with Crippen molar-refractivity contribution in [2.45, 2.75) is 27.7 Å². The Balaban J connectivity index is 2.50. The molecule has 0 saturated carbocycles.